The molecule has 2 aliphatic rings. The third kappa shape index (κ3) is 1.84. The van der Waals surface area contributed by atoms with E-state index in [4.69, 9.17) is 0 Å². The van der Waals surface area contributed by atoms with Crippen LogP contribution in [0.4, 0.5) is 11.4 Å². The summed E-state index contributed by atoms with van der Waals surface area (Å²) < 4.78 is 0. The molecule has 3 rings (SSSR count). The highest BCUT2D eigenvalue weighted by molar-refractivity contribution is 5.59. The molecule has 0 saturated carbocycles. The van der Waals surface area contributed by atoms with Crippen molar-refractivity contribution in [2.75, 3.05) is 31.1 Å². The fourth-order valence-corrected chi connectivity index (χ4v) is 3.10. The van der Waals surface area contributed by atoms with Crippen LogP contribution in [-0.4, -0.2) is 31.1 Å². The van der Waals surface area contributed by atoms with Crippen LogP contribution in [0.15, 0.2) is 18.2 Å². The van der Waals surface area contributed by atoms with Crippen LogP contribution >= 0.6 is 0 Å². The summed E-state index contributed by atoms with van der Waals surface area (Å²) in [4.78, 5) is 12.8. The van der Waals surface area contributed by atoms with Gasteiger partial charge >= 0.3 is 0 Å². The number of benzene rings is 1. The molecule has 2 heterocycles. The number of fused-ring (bicyclic) bond motifs is 1. The molecule has 18 heavy (non-hydrogen) atoms. The fraction of sp³-hybridized carbons (Fsp3) is 0.538. The summed E-state index contributed by atoms with van der Waals surface area (Å²) in [5.41, 5.74) is 2.33. The highest BCUT2D eigenvalue weighted by Crippen LogP contribution is 2.33. The number of rotatable bonds is 2. The highest BCUT2D eigenvalue weighted by Gasteiger charge is 2.36. The van der Waals surface area contributed by atoms with Crippen LogP contribution < -0.4 is 10.2 Å². The highest BCUT2D eigenvalue weighted by atomic mass is 16.6. The standard InChI is InChI=1S/C13H17N3O2/c1-9-2-3-12(16(17)18)4-13(9)15-7-10-5-14-6-11(10)8-15/h2-4,10-11,14H,5-8H2,1H3/t10-,11+. The van der Waals surface area contributed by atoms with Gasteiger partial charge in [-0.2, -0.15) is 0 Å². The van der Waals surface area contributed by atoms with Crippen LogP contribution in [0.25, 0.3) is 0 Å². The van der Waals surface area contributed by atoms with E-state index >= 15 is 0 Å². The van der Waals surface area contributed by atoms with Gasteiger partial charge < -0.3 is 10.2 Å². The molecular formula is C13H17N3O2. The number of aryl methyl sites for hydroxylation is 1. The lowest BCUT2D eigenvalue weighted by Crippen LogP contribution is -2.26. The molecule has 1 aromatic carbocycles. The maximum absolute atomic E-state index is 10.9. The lowest BCUT2D eigenvalue weighted by Gasteiger charge is -2.21. The molecule has 2 fully saturated rings. The molecule has 0 radical (unpaired) electrons. The molecule has 1 N–H and O–H groups in total. The van der Waals surface area contributed by atoms with Crippen molar-refractivity contribution in [1.29, 1.82) is 0 Å². The molecule has 2 atom stereocenters. The van der Waals surface area contributed by atoms with E-state index in [0.29, 0.717) is 11.8 Å². The Morgan fingerprint density at radius 1 is 1.33 bits per heavy atom. The van der Waals surface area contributed by atoms with E-state index in [2.05, 4.69) is 10.2 Å². The first-order chi connectivity index (χ1) is 8.65. The molecule has 0 spiro atoms. The van der Waals surface area contributed by atoms with Crippen molar-refractivity contribution >= 4 is 11.4 Å². The molecule has 5 heteroatoms. The second-order valence-electron chi connectivity index (χ2n) is 5.31. The Kier molecular flexibility index (Phi) is 2.70. The molecule has 0 aliphatic carbocycles. The summed E-state index contributed by atoms with van der Waals surface area (Å²) in [5, 5.41) is 14.3. The molecule has 96 valence electrons. The van der Waals surface area contributed by atoms with Crippen LogP contribution in [0.5, 0.6) is 0 Å². The molecule has 5 nitrogen and oxygen atoms in total. The van der Waals surface area contributed by atoms with Gasteiger partial charge in [-0.25, -0.2) is 0 Å². The van der Waals surface area contributed by atoms with Crippen molar-refractivity contribution in [2.24, 2.45) is 11.8 Å². The SMILES string of the molecule is Cc1ccc([N+](=O)[O-])cc1N1C[C@H]2CNC[C@H]2C1. The van der Waals surface area contributed by atoms with E-state index < -0.39 is 0 Å². The Bertz CT molecular complexity index is 477. The number of hydrogen-bond acceptors (Lipinski definition) is 4. The first-order valence-electron chi connectivity index (χ1n) is 6.36. The Hall–Kier alpha value is -1.62. The molecule has 0 unspecified atom stereocenters. The van der Waals surface area contributed by atoms with Gasteiger partial charge in [0.2, 0.25) is 0 Å². The molecule has 0 aromatic heterocycles. The molecule has 2 aliphatic heterocycles. The van der Waals surface area contributed by atoms with Gasteiger partial charge in [0.05, 0.1) is 4.92 Å². The Morgan fingerprint density at radius 3 is 2.61 bits per heavy atom. The van der Waals surface area contributed by atoms with Gasteiger partial charge in [0.15, 0.2) is 0 Å². The minimum Gasteiger partial charge on any atom is -0.370 e. The molecule has 0 amide bonds. The summed E-state index contributed by atoms with van der Waals surface area (Å²) in [5.74, 6) is 1.40. The van der Waals surface area contributed by atoms with E-state index in [1.165, 1.54) is 0 Å². The molecular weight excluding hydrogens is 230 g/mol. The molecule has 1 aromatic rings. The number of nitrogens with zero attached hydrogens (tertiary/aromatic N) is 2. The van der Waals surface area contributed by atoms with Gasteiger partial charge in [0.1, 0.15) is 0 Å². The van der Waals surface area contributed by atoms with Crippen LogP contribution in [0, 0.1) is 28.9 Å². The summed E-state index contributed by atoms with van der Waals surface area (Å²) in [6.45, 7) is 6.20. The van der Waals surface area contributed by atoms with Gasteiger partial charge in [0.25, 0.3) is 5.69 Å². The number of non-ortho nitro benzene ring substituents is 1. The summed E-state index contributed by atoms with van der Waals surface area (Å²) >= 11 is 0. The Labute approximate surface area is 106 Å². The number of hydrogen-bond donors (Lipinski definition) is 1. The minimum absolute atomic E-state index is 0.186. The zero-order chi connectivity index (χ0) is 12.7. The third-order valence-corrected chi connectivity index (χ3v) is 4.13. The zero-order valence-electron chi connectivity index (χ0n) is 10.4. The van der Waals surface area contributed by atoms with Crippen LogP contribution in [0.1, 0.15) is 5.56 Å². The first-order valence-corrected chi connectivity index (χ1v) is 6.36. The van der Waals surface area contributed by atoms with E-state index in [-0.39, 0.29) is 10.6 Å². The number of anilines is 1. The normalized spacial score (nSPS) is 26.4. The summed E-state index contributed by atoms with van der Waals surface area (Å²) in [7, 11) is 0. The second kappa shape index (κ2) is 4.24. The summed E-state index contributed by atoms with van der Waals surface area (Å²) in [6.07, 6.45) is 0. The minimum atomic E-state index is -0.318. The predicted octanol–water partition coefficient (Wildman–Crippen LogP) is 1.56. The van der Waals surface area contributed by atoms with Crippen molar-refractivity contribution in [3.05, 3.63) is 33.9 Å². The number of nitro benzene ring substituents is 1. The Balaban J connectivity index is 1.88. The zero-order valence-corrected chi connectivity index (χ0v) is 10.4. The number of nitro groups is 1. The largest absolute Gasteiger partial charge is 0.370 e. The predicted molar refractivity (Wildman–Crippen MR) is 69.9 cm³/mol. The van der Waals surface area contributed by atoms with Crippen LogP contribution in [0.3, 0.4) is 0 Å². The van der Waals surface area contributed by atoms with Crippen LogP contribution in [0.2, 0.25) is 0 Å². The Morgan fingerprint density at radius 2 is 2.00 bits per heavy atom. The maximum atomic E-state index is 10.9. The lowest BCUT2D eigenvalue weighted by molar-refractivity contribution is -0.384. The smallest absolute Gasteiger partial charge is 0.271 e. The van der Waals surface area contributed by atoms with Crippen molar-refractivity contribution in [1.82, 2.24) is 5.32 Å². The van der Waals surface area contributed by atoms with Gasteiger partial charge in [0, 0.05) is 44.0 Å². The van der Waals surface area contributed by atoms with Crippen molar-refractivity contribution in [2.45, 2.75) is 6.92 Å². The van der Waals surface area contributed by atoms with Gasteiger partial charge in [-0.05, 0) is 24.3 Å². The lowest BCUT2D eigenvalue weighted by atomic mass is 10.0. The fourth-order valence-electron chi connectivity index (χ4n) is 3.10. The molecule has 0 bridgehead atoms. The second-order valence-corrected chi connectivity index (χ2v) is 5.31. The van der Waals surface area contributed by atoms with Gasteiger partial charge in [-0.1, -0.05) is 6.07 Å². The molecule has 2 saturated heterocycles. The average Bonchev–Trinajstić information content (AvgIpc) is 2.89. The van der Waals surface area contributed by atoms with Crippen LogP contribution in [-0.2, 0) is 0 Å². The van der Waals surface area contributed by atoms with Crippen molar-refractivity contribution in [3.8, 4) is 0 Å². The average molecular weight is 247 g/mol. The van der Waals surface area contributed by atoms with E-state index in [1.54, 1.807) is 12.1 Å². The van der Waals surface area contributed by atoms with E-state index in [9.17, 15) is 10.1 Å². The van der Waals surface area contributed by atoms with E-state index in [1.807, 2.05) is 13.0 Å². The van der Waals surface area contributed by atoms with E-state index in [0.717, 1.165) is 37.4 Å². The summed E-state index contributed by atoms with van der Waals surface area (Å²) in [6, 6.07) is 5.14. The van der Waals surface area contributed by atoms with Crippen molar-refractivity contribution < 1.29 is 4.92 Å². The number of nitrogens with one attached hydrogen (secondary N) is 1. The monoisotopic (exact) mass is 247 g/mol. The maximum Gasteiger partial charge on any atom is 0.271 e. The third-order valence-electron chi connectivity index (χ3n) is 4.13. The first kappa shape index (κ1) is 11.5. The van der Waals surface area contributed by atoms with Gasteiger partial charge in [-0.15, -0.1) is 0 Å². The van der Waals surface area contributed by atoms with Gasteiger partial charge in [-0.3, -0.25) is 10.1 Å². The topological polar surface area (TPSA) is 58.4 Å². The van der Waals surface area contributed by atoms with Crippen molar-refractivity contribution in [3.63, 3.8) is 0 Å². The quantitative estimate of drug-likeness (QED) is 0.636.